The highest BCUT2D eigenvalue weighted by Crippen LogP contribution is 2.39. The number of carbonyl (C=O) groups excluding carboxylic acids is 2. The molecular formula is C27H28N2O3S. The molecule has 5 rings (SSSR count). The van der Waals surface area contributed by atoms with E-state index in [1.165, 1.54) is 10.4 Å². The molecule has 0 N–H and O–H groups in total. The van der Waals surface area contributed by atoms with E-state index in [2.05, 4.69) is 11.4 Å². The maximum atomic E-state index is 13.7. The van der Waals surface area contributed by atoms with Gasteiger partial charge in [-0.2, -0.15) is 0 Å². The first-order valence-electron chi connectivity index (χ1n) is 11.4. The molecule has 2 aromatic carbocycles. The summed E-state index contributed by atoms with van der Waals surface area (Å²) in [4.78, 5) is 32.0. The van der Waals surface area contributed by atoms with Gasteiger partial charge in [0, 0.05) is 23.0 Å². The lowest BCUT2D eigenvalue weighted by molar-refractivity contribution is -0.134. The molecule has 5 nitrogen and oxygen atoms in total. The lowest BCUT2D eigenvalue weighted by atomic mass is 9.93. The van der Waals surface area contributed by atoms with E-state index >= 15 is 0 Å². The topological polar surface area (TPSA) is 49.9 Å². The van der Waals surface area contributed by atoms with Gasteiger partial charge in [-0.05, 0) is 73.0 Å². The molecule has 6 heteroatoms. The van der Waals surface area contributed by atoms with Crippen molar-refractivity contribution in [3.8, 4) is 5.75 Å². The lowest BCUT2D eigenvalue weighted by Crippen LogP contribution is -2.47. The van der Waals surface area contributed by atoms with Crippen LogP contribution < -0.4 is 4.74 Å². The smallest absolute Gasteiger partial charge is 0.254 e. The van der Waals surface area contributed by atoms with E-state index in [9.17, 15) is 9.59 Å². The molecule has 2 heterocycles. The summed E-state index contributed by atoms with van der Waals surface area (Å²) in [6.45, 7) is 2.77. The second-order valence-electron chi connectivity index (χ2n) is 8.84. The summed E-state index contributed by atoms with van der Waals surface area (Å²) in [6.07, 6.45) is 2.77. The Balaban J connectivity index is 1.41. The fraction of sp³-hybridized carbons (Fsp3) is 0.333. The van der Waals surface area contributed by atoms with Gasteiger partial charge in [-0.3, -0.25) is 9.59 Å². The molecular weight excluding hydrogens is 432 g/mol. The van der Waals surface area contributed by atoms with Gasteiger partial charge in [0.15, 0.2) is 0 Å². The SMILES string of the molecule is COc1ccc(C2c3ccsc3CCN2C(=O)CN(C(=O)c2ccc(C)cc2)C2CC2)cc1. The van der Waals surface area contributed by atoms with Crippen LogP contribution in [-0.2, 0) is 11.2 Å². The normalized spacial score (nSPS) is 17.4. The number of nitrogens with zero attached hydrogens (tertiary/aromatic N) is 2. The monoisotopic (exact) mass is 460 g/mol. The molecule has 2 aliphatic rings. The summed E-state index contributed by atoms with van der Waals surface area (Å²) in [5.74, 6) is 0.738. The highest BCUT2D eigenvalue weighted by molar-refractivity contribution is 7.10. The Kier molecular flexibility index (Phi) is 5.94. The van der Waals surface area contributed by atoms with Crippen molar-refractivity contribution >= 4 is 23.2 Å². The van der Waals surface area contributed by atoms with Gasteiger partial charge in [0.25, 0.3) is 5.91 Å². The standard InChI is InChI=1S/C27H28N2O3S/c1-18-3-5-20(6-4-18)27(31)29(21-9-10-21)17-25(30)28-15-13-24-23(14-16-33-24)26(28)19-7-11-22(32-2)12-8-19/h3-8,11-12,14,16,21,26H,9-10,13,15,17H2,1-2H3. The summed E-state index contributed by atoms with van der Waals surface area (Å²) in [7, 11) is 1.65. The van der Waals surface area contributed by atoms with Crippen molar-refractivity contribution in [3.05, 3.63) is 87.1 Å². The number of fused-ring (bicyclic) bond motifs is 1. The first-order chi connectivity index (χ1) is 16.0. The molecule has 0 spiro atoms. The van der Waals surface area contributed by atoms with Crippen LogP contribution in [0.15, 0.2) is 60.0 Å². The first kappa shape index (κ1) is 21.7. The zero-order valence-corrected chi connectivity index (χ0v) is 19.8. The van der Waals surface area contributed by atoms with Gasteiger partial charge in [-0.15, -0.1) is 11.3 Å². The molecule has 170 valence electrons. The minimum absolute atomic E-state index is 0.0000275. The zero-order valence-electron chi connectivity index (χ0n) is 19.0. The summed E-state index contributed by atoms with van der Waals surface area (Å²) in [6, 6.07) is 17.7. The van der Waals surface area contributed by atoms with E-state index in [4.69, 9.17) is 4.74 Å². The number of hydrogen-bond donors (Lipinski definition) is 0. The van der Waals surface area contributed by atoms with Crippen molar-refractivity contribution in [2.75, 3.05) is 20.2 Å². The molecule has 1 atom stereocenters. The number of aryl methyl sites for hydroxylation is 1. The van der Waals surface area contributed by atoms with Crippen molar-refractivity contribution < 1.29 is 14.3 Å². The molecule has 0 radical (unpaired) electrons. The fourth-order valence-electron chi connectivity index (χ4n) is 4.58. The first-order valence-corrected chi connectivity index (χ1v) is 12.3. The van der Waals surface area contributed by atoms with Crippen LogP contribution in [0.25, 0.3) is 0 Å². The van der Waals surface area contributed by atoms with Gasteiger partial charge in [-0.25, -0.2) is 0 Å². The largest absolute Gasteiger partial charge is 0.497 e. The minimum Gasteiger partial charge on any atom is -0.497 e. The Bertz CT molecular complexity index is 1150. The second-order valence-corrected chi connectivity index (χ2v) is 9.84. The Labute approximate surface area is 198 Å². The maximum absolute atomic E-state index is 13.7. The molecule has 33 heavy (non-hydrogen) atoms. The summed E-state index contributed by atoms with van der Waals surface area (Å²) >= 11 is 1.75. The summed E-state index contributed by atoms with van der Waals surface area (Å²) in [5, 5.41) is 2.10. The van der Waals surface area contributed by atoms with Crippen LogP contribution in [0.1, 0.15) is 50.8 Å². The Hall–Kier alpha value is -3.12. The molecule has 1 aliphatic carbocycles. The van der Waals surface area contributed by atoms with Gasteiger partial charge in [0.2, 0.25) is 5.91 Å². The Morgan fingerprint density at radius 3 is 2.45 bits per heavy atom. The molecule has 0 bridgehead atoms. The number of ether oxygens (including phenoxy) is 1. The van der Waals surface area contributed by atoms with Crippen molar-refractivity contribution in [1.82, 2.24) is 9.80 Å². The number of thiophene rings is 1. The van der Waals surface area contributed by atoms with Crippen LogP contribution in [0.4, 0.5) is 0 Å². The van der Waals surface area contributed by atoms with E-state index in [0.29, 0.717) is 12.1 Å². The predicted octanol–water partition coefficient (Wildman–Crippen LogP) is 4.84. The number of carbonyl (C=O) groups is 2. The van der Waals surface area contributed by atoms with Crippen LogP contribution in [0.3, 0.4) is 0 Å². The molecule has 2 amide bonds. The van der Waals surface area contributed by atoms with Crippen molar-refractivity contribution in [1.29, 1.82) is 0 Å². The summed E-state index contributed by atoms with van der Waals surface area (Å²) in [5.41, 5.74) is 4.01. The number of amides is 2. The highest BCUT2D eigenvalue weighted by atomic mass is 32.1. The van der Waals surface area contributed by atoms with E-state index in [1.807, 2.05) is 60.4 Å². The van der Waals surface area contributed by atoms with Gasteiger partial charge in [0.05, 0.1) is 13.2 Å². The Morgan fingerprint density at radius 2 is 1.79 bits per heavy atom. The van der Waals surface area contributed by atoms with Crippen LogP contribution in [0.5, 0.6) is 5.75 Å². The third-order valence-corrected chi connectivity index (χ3v) is 7.57. The average Bonchev–Trinajstić information content (AvgIpc) is 3.57. The van der Waals surface area contributed by atoms with E-state index in [-0.39, 0.29) is 30.4 Å². The van der Waals surface area contributed by atoms with Gasteiger partial charge < -0.3 is 14.5 Å². The number of rotatable bonds is 6. The molecule has 0 saturated heterocycles. The molecule has 3 aromatic rings. The Morgan fingerprint density at radius 1 is 1.06 bits per heavy atom. The lowest BCUT2D eigenvalue weighted by Gasteiger charge is -2.37. The van der Waals surface area contributed by atoms with Crippen LogP contribution in [0, 0.1) is 6.92 Å². The average molecular weight is 461 g/mol. The third kappa shape index (κ3) is 4.40. The van der Waals surface area contributed by atoms with E-state index in [0.717, 1.165) is 36.1 Å². The molecule has 1 aromatic heterocycles. The van der Waals surface area contributed by atoms with Crippen LogP contribution >= 0.6 is 11.3 Å². The molecule has 1 aliphatic heterocycles. The number of hydrogen-bond acceptors (Lipinski definition) is 4. The van der Waals surface area contributed by atoms with Crippen LogP contribution in [-0.4, -0.2) is 47.9 Å². The highest BCUT2D eigenvalue weighted by Gasteiger charge is 2.38. The van der Waals surface area contributed by atoms with Crippen LogP contribution in [0.2, 0.25) is 0 Å². The third-order valence-electron chi connectivity index (χ3n) is 6.57. The van der Waals surface area contributed by atoms with Gasteiger partial charge >= 0.3 is 0 Å². The minimum atomic E-state index is -0.145. The quantitative estimate of drug-likeness (QED) is 0.529. The van der Waals surface area contributed by atoms with Crippen molar-refractivity contribution in [2.24, 2.45) is 0 Å². The zero-order chi connectivity index (χ0) is 22.9. The van der Waals surface area contributed by atoms with Crippen molar-refractivity contribution in [2.45, 2.75) is 38.3 Å². The maximum Gasteiger partial charge on any atom is 0.254 e. The summed E-state index contributed by atoms with van der Waals surface area (Å²) < 4.78 is 5.32. The fourth-order valence-corrected chi connectivity index (χ4v) is 5.49. The second kappa shape index (κ2) is 9.02. The van der Waals surface area contributed by atoms with E-state index in [1.54, 1.807) is 23.3 Å². The molecule has 1 saturated carbocycles. The van der Waals surface area contributed by atoms with Crippen molar-refractivity contribution in [3.63, 3.8) is 0 Å². The molecule has 1 fully saturated rings. The van der Waals surface area contributed by atoms with Gasteiger partial charge in [0.1, 0.15) is 12.3 Å². The number of benzene rings is 2. The molecule has 1 unspecified atom stereocenters. The number of methoxy groups -OCH3 is 1. The van der Waals surface area contributed by atoms with Gasteiger partial charge in [-0.1, -0.05) is 29.8 Å². The van der Waals surface area contributed by atoms with E-state index < -0.39 is 0 Å². The predicted molar refractivity (Wildman–Crippen MR) is 130 cm³/mol.